The summed E-state index contributed by atoms with van der Waals surface area (Å²) in [6, 6.07) is 5.48. The fourth-order valence-corrected chi connectivity index (χ4v) is 2.16. The van der Waals surface area contributed by atoms with E-state index in [2.05, 4.69) is 0 Å². The molecule has 1 fully saturated rings. The fourth-order valence-electron chi connectivity index (χ4n) is 1.89. The van der Waals surface area contributed by atoms with Gasteiger partial charge in [-0.25, -0.2) is 0 Å². The molecule has 1 aliphatic carbocycles. The predicted molar refractivity (Wildman–Crippen MR) is 60.3 cm³/mol. The summed E-state index contributed by atoms with van der Waals surface area (Å²) in [5, 5.41) is 10.6. The second kappa shape index (κ2) is 4.42. The van der Waals surface area contributed by atoms with Crippen molar-refractivity contribution in [3.8, 4) is 5.75 Å². The molecule has 2 nitrogen and oxygen atoms in total. The monoisotopic (exact) mass is 226 g/mol. The van der Waals surface area contributed by atoms with E-state index in [4.69, 9.17) is 16.3 Å². The second-order valence-electron chi connectivity index (χ2n) is 4.03. The first kappa shape index (κ1) is 10.8. The van der Waals surface area contributed by atoms with E-state index in [1.165, 1.54) is 6.42 Å². The molecule has 0 bridgehead atoms. The first-order chi connectivity index (χ1) is 7.22. The number of hydrogen-bond acceptors (Lipinski definition) is 2. The lowest BCUT2D eigenvalue weighted by Crippen LogP contribution is -2.19. The van der Waals surface area contributed by atoms with Crippen molar-refractivity contribution in [2.24, 2.45) is 5.92 Å². The summed E-state index contributed by atoms with van der Waals surface area (Å²) in [7, 11) is 1.59. The zero-order valence-corrected chi connectivity index (χ0v) is 9.50. The molecule has 0 aromatic heterocycles. The van der Waals surface area contributed by atoms with Crippen molar-refractivity contribution >= 4 is 11.6 Å². The van der Waals surface area contributed by atoms with E-state index in [1.807, 2.05) is 6.07 Å². The zero-order chi connectivity index (χ0) is 10.8. The third-order valence-electron chi connectivity index (χ3n) is 3.11. The van der Waals surface area contributed by atoms with Gasteiger partial charge in [-0.05, 0) is 36.5 Å². The van der Waals surface area contributed by atoms with Gasteiger partial charge in [0, 0.05) is 0 Å². The van der Waals surface area contributed by atoms with Crippen molar-refractivity contribution in [2.75, 3.05) is 7.11 Å². The summed E-state index contributed by atoms with van der Waals surface area (Å²) in [5.41, 5.74) is 0.894. The van der Waals surface area contributed by atoms with Crippen molar-refractivity contribution in [2.45, 2.75) is 25.4 Å². The molecule has 82 valence electrons. The Labute approximate surface area is 94.8 Å². The number of hydrogen-bond donors (Lipinski definition) is 1. The lowest BCUT2D eigenvalue weighted by molar-refractivity contribution is 0.0621. The number of halogens is 1. The molecule has 1 aromatic carbocycles. The van der Waals surface area contributed by atoms with Crippen LogP contribution in [-0.2, 0) is 0 Å². The number of rotatable bonds is 3. The van der Waals surface area contributed by atoms with Gasteiger partial charge in [0.25, 0.3) is 0 Å². The fraction of sp³-hybridized carbons (Fsp3) is 0.500. The molecule has 1 atom stereocenters. The molecule has 3 heteroatoms. The molecule has 0 spiro atoms. The number of benzene rings is 1. The van der Waals surface area contributed by atoms with Gasteiger partial charge in [0.15, 0.2) is 0 Å². The number of ether oxygens (including phenoxy) is 1. The maximum Gasteiger partial charge on any atom is 0.137 e. The molecule has 2 rings (SSSR count). The van der Waals surface area contributed by atoms with Crippen LogP contribution in [-0.4, -0.2) is 12.2 Å². The van der Waals surface area contributed by atoms with E-state index < -0.39 is 0 Å². The van der Waals surface area contributed by atoms with E-state index in [0.717, 1.165) is 18.4 Å². The Morgan fingerprint density at radius 3 is 2.67 bits per heavy atom. The molecule has 1 aromatic rings. The first-order valence-electron chi connectivity index (χ1n) is 5.24. The molecule has 0 aliphatic heterocycles. The van der Waals surface area contributed by atoms with E-state index in [9.17, 15) is 5.11 Å². The average Bonchev–Trinajstić information content (AvgIpc) is 2.15. The van der Waals surface area contributed by atoms with Crippen LogP contribution in [0.2, 0.25) is 5.02 Å². The minimum Gasteiger partial charge on any atom is -0.495 e. The molecular formula is C12H15ClO2. The highest BCUT2D eigenvalue weighted by Crippen LogP contribution is 2.39. The smallest absolute Gasteiger partial charge is 0.137 e. The van der Waals surface area contributed by atoms with Crippen LogP contribution in [0.4, 0.5) is 0 Å². The van der Waals surface area contributed by atoms with E-state index >= 15 is 0 Å². The Kier molecular flexibility index (Phi) is 3.17. The third-order valence-corrected chi connectivity index (χ3v) is 3.41. The largest absolute Gasteiger partial charge is 0.495 e. The summed E-state index contributed by atoms with van der Waals surface area (Å²) < 4.78 is 5.07. The average molecular weight is 227 g/mol. The molecule has 0 heterocycles. The van der Waals surface area contributed by atoms with Gasteiger partial charge < -0.3 is 9.84 Å². The Balaban J connectivity index is 2.17. The summed E-state index contributed by atoms with van der Waals surface area (Å²) in [6.45, 7) is 0. The van der Waals surface area contributed by atoms with Crippen molar-refractivity contribution in [1.29, 1.82) is 0 Å². The highest BCUT2D eigenvalue weighted by Gasteiger charge is 2.26. The third kappa shape index (κ3) is 2.11. The molecule has 1 aliphatic rings. The van der Waals surface area contributed by atoms with Gasteiger partial charge in [0.1, 0.15) is 5.75 Å². The van der Waals surface area contributed by atoms with Gasteiger partial charge in [-0.2, -0.15) is 0 Å². The molecule has 0 amide bonds. The summed E-state index contributed by atoms with van der Waals surface area (Å²) in [5.74, 6) is 1.07. The Morgan fingerprint density at radius 2 is 2.20 bits per heavy atom. The SMILES string of the molecule is COc1ccc(C(O)C2CCC2)cc1Cl. The van der Waals surface area contributed by atoms with Crippen molar-refractivity contribution < 1.29 is 9.84 Å². The van der Waals surface area contributed by atoms with Gasteiger partial charge in [0.2, 0.25) is 0 Å². The highest BCUT2D eigenvalue weighted by molar-refractivity contribution is 6.32. The number of aliphatic hydroxyl groups is 1. The number of aliphatic hydroxyl groups excluding tert-OH is 1. The maximum atomic E-state index is 10.0. The molecule has 0 saturated heterocycles. The zero-order valence-electron chi connectivity index (χ0n) is 8.74. The van der Waals surface area contributed by atoms with Gasteiger partial charge in [-0.15, -0.1) is 0 Å². The van der Waals surface area contributed by atoms with Gasteiger partial charge >= 0.3 is 0 Å². The summed E-state index contributed by atoms with van der Waals surface area (Å²) in [6.07, 6.45) is 3.09. The van der Waals surface area contributed by atoms with Crippen LogP contribution in [0.25, 0.3) is 0 Å². The summed E-state index contributed by atoms with van der Waals surface area (Å²) >= 11 is 6.00. The van der Waals surface area contributed by atoms with Crippen molar-refractivity contribution in [1.82, 2.24) is 0 Å². The Hall–Kier alpha value is -0.730. The van der Waals surface area contributed by atoms with Gasteiger partial charge in [0.05, 0.1) is 18.2 Å². The lowest BCUT2D eigenvalue weighted by atomic mass is 9.79. The van der Waals surface area contributed by atoms with E-state index in [0.29, 0.717) is 16.7 Å². The molecule has 1 N–H and O–H groups in total. The minimum absolute atomic E-state index is 0.373. The van der Waals surface area contributed by atoms with Crippen LogP contribution in [0.1, 0.15) is 30.9 Å². The van der Waals surface area contributed by atoms with Crippen molar-refractivity contribution in [3.63, 3.8) is 0 Å². The normalized spacial score (nSPS) is 18.3. The Morgan fingerprint density at radius 1 is 1.47 bits per heavy atom. The first-order valence-corrected chi connectivity index (χ1v) is 5.61. The van der Waals surface area contributed by atoms with E-state index in [-0.39, 0.29) is 6.10 Å². The molecule has 0 radical (unpaired) electrons. The molecule has 15 heavy (non-hydrogen) atoms. The topological polar surface area (TPSA) is 29.5 Å². The lowest BCUT2D eigenvalue weighted by Gasteiger charge is -2.30. The van der Waals surface area contributed by atoms with Gasteiger partial charge in [-0.1, -0.05) is 24.1 Å². The highest BCUT2D eigenvalue weighted by atomic mass is 35.5. The minimum atomic E-state index is -0.373. The standard InChI is InChI=1S/C12H15ClO2/c1-15-11-6-5-9(7-10(11)13)12(14)8-3-2-4-8/h5-8,12,14H,2-4H2,1H3. The van der Waals surface area contributed by atoms with Crippen LogP contribution in [0.15, 0.2) is 18.2 Å². The quantitative estimate of drug-likeness (QED) is 0.858. The van der Waals surface area contributed by atoms with Gasteiger partial charge in [-0.3, -0.25) is 0 Å². The molecular weight excluding hydrogens is 212 g/mol. The maximum absolute atomic E-state index is 10.0. The summed E-state index contributed by atoms with van der Waals surface area (Å²) in [4.78, 5) is 0. The van der Waals surface area contributed by atoms with Crippen LogP contribution in [0.5, 0.6) is 5.75 Å². The Bertz CT molecular complexity index is 347. The van der Waals surface area contributed by atoms with Crippen LogP contribution in [0, 0.1) is 5.92 Å². The van der Waals surface area contributed by atoms with Crippen LogP contribution < -0.4 is 4.74 Å². The molecule has 1 unspecified atom stereocenters. The van der Waals surface area contributed by atoms with E-state index in [1.54, 1.807) is 19.2 Å². The second-order valence-corrected chi connectivity index (χ2v) is 4.44. The van der Waals surface area contributed by atoms with Crippen molar-refractivity contribution in [3.05, 3.63) is 28.8 Å². The van der Waals surface area contributed by atoms with Crippen LogP contribution in [0.3, 0.4) is 0 Å². The number of methoxy groups -OCH3 is 1. The predicted octanol–water partition coefficient (Wildman–Crippen LogP) is 3.18. The molecule has 1 saturated carbocycles. The van der Waals surface area contributed by atoms with Crippen LogP contribution >= 0.6 is 11.6 Å².